The van der Waals surface area contributed by atoms with E-state index >= 15 is 0 Å². The first-order valence-electron chi connectivity index (χ1n) is 5.84. The topological polar surface area (TPSA) is 66.3 Å². The summed E-state index contributed by atoms with van der Waals surface area (Å²) in [4.78, 5) is 22.5. The number of hydrogen-bond donors (Lipinski definition) is 1. The average Bonchev–Trinajstić information content (AvgIpc) is 2.34. The molecule has 0 bridgehead atoms. The Bertz CT molecular complexity index is 438. The molecule has 1 amide bonds. The first-order valence-corrected chi connectivity index (χ1v) is 7.07. The molecule has 0 aromatic carbocycles. The predicted octanol–water partition coefficient (Wildman–Crippen LogP) is 1.27. The molecule has 100 valence electrons. The van der Waals surface area contributed by atoms with Crippen molar-refractivity contribution in [3.8, 4) is 0 Å². The second kappa shape index (κ2) is 6.70. The fraction of sp³-hybridized carbons (Fsp3) is 0.583. The number of carbonyl (C=O) groups is 1. The zero-order chi connectivity index (χ0) is 13.7. The minimum absolute atomic E-state index is 0.0417. The number of nitrogens with zero attached hydrogens (tertiary/aromatic N) is 3. The van der Waals surface area contributed by atoms with Crippen LogP contribution in [0.15, 0.2) is 5.03 Å². The Kier molecular flexibility index (Phi) is 5.55. The van der Waals surface area contributed by atoms with Gasteiger partial charge in [0, 0.05) is 13.1 Å². The lowest BCUT2D eigenvalue weighted by Crippen LogP contribution is -2.34. The molecule has 1 aromatic rings. The molecule has 0 atom stereocenters. The van der Waals surface area contributed by atoms with Gasteiger partial charge in [-0.15, -0.1) is 11.8 Å². The van der Waals surface area contributed by atoms with Crippen LogP contribution in [0.4, 0.5) is 0 Å². The van der Waals surface area contributed by atoms with Gasteiger partial charge in [0.1, 0.15) is 10.9 Å². The third kappa shape index (κ3) is 3.20. The lowest BCUT2D eigenvalue weighted by molar-refractivity contribution is 0.0726. The van der Waals surface area contributed by atoms with Crippen molar-refractivity contribution in [2.24, 2.45) is 0 Å². The summed E-state index contributed by atoms with van der Waals surface area (Å²) in [6.07, 6.45) is 1.89. The third-order valence-corrected chi connectivity index (χ3v) is 3.30. The van der Waals surface area contributed by atoms with Crippen molar-refractivity contribution in [2.75, 3.05) is 26.0 Å². The molecule has 6 heteroatoms. The molecule has 18 heavy (non-hydrogen) atoms. The average molecular weight is 269 g/mol. The second-order valence-corrected chi connectivity index (χ2v) is 4.64. The number of hydrogen-bond acceptors (Lipinski definition) is 5. The molecule has 5 nitrogen and oxygen atoms in total. The summed E-state index contributed by atoms with van der Waals surface area (Å²) >= 11 is 1.44. The Balaban J connectivity index is 3.18. The molecular weight excluding hydrogens is 250 g/mol. The molecule has 0 spiro atoms. The lowest BCUT2D eigenvalue weighted by atomic mass is 10.2. The predicted molar refractivity (Wildman–Crippen MR) is 72.0 cm³/mol. The van der Waals surface area contributed by atoms with E-state index in [1.165, 1.54) is 11.8 Å². The van der Waals surface area contributed by atoms with Crippen molar-refractivity contribution in [3.63, 3.8) is 0 Å². The summed E-state index contributed by atoms with van der Waals surface area (Å²) in [7, 11) is 0. The third-order valence-electron chi connectivity index (χ3n) is 2.61. The van der Waals surface area contributed by atoms with Crippen LogP contribution >= 0.6 is 11.8 Å². The Labute approximate surface area is 112 Å². The van der Waals surface area contributed by atoms with Crippen LogP contribution in [0.25, 0.3) is 0 Å². The van der Waals surface area contributed by atoms with Gasteiger partial charge >= 0.3 is 0 Å². The van der Waals surface area contributed by atoms with E-state index in [9.17, 15) is 4.79 Å². The SMILES string of the molecule is CCN(CCO)C(=O)c1c(C)nc(C)nc1SC. The van der Waals surface area contributed by atoms with Crippen LogP contribution < -0.4 is 0 Å². The van der Waals surface area contributed by atoms with Gasteiger partial charge in [-0.1, -0.05) is 0 Å². The molecule has 0 aliphatic heterocycles. The zero-order valence-electron chi connectivity index (χ0n) is 11.2. The van der Waals surface area contributed by atoms with E-state index in [1.807, 2.05) is 27.0 Å². The molecule has 1 rings (SSSR count). The quantitative estimate of drug-likeness (QED) is 0.644. The van der Waals surface area contributed by atoms with Gasteiger partial charge in [-0.2, -0.15) is 0 Å². The van der Waals surface area contributed by atoms with Crippen molar-refractivity contribution in [1.29, 1.82) is 0 Å². The van der Waals surface area contributed by atoms with Gasteiger partial charge in [-0.25, -0.2) is 9.97 Å². The van der Waals surface area contributed by atoms with E-state index in [1.54, 1.807) is 4.90 Å². The maximum atomic E-state index is 12.4. The van der Waals surface area contributed by atoms with Gasteiger partial charge in [-0.3, -0.25) is 4.79 Å². The fourth-order valence-electron chi connectivity index (χ4n) is 1.76. The number of aryl methyl sites for hydroxylation is 2. The summed E-state index contributed by atoms with van der Waals surface area (Å²) in [5.74, 6) is 0.548. The van der Waals surface area contributed by atoms with Crippen LogP contribution in [-0.2, 0) is 0 Å². The smallest absolute Gasteiger partial charge is 0.258 e. The first kappa shape index (κ1) is 14.9. The standard InChI is InChI=1S/C12H19N3O2S/c1-5-15(6-7-16)12(17)10-8(2)13-9(3)14-11(10)18-4/h16H,5-7H2,1-4H3. The highest BCUT2D eigenvalue weighted by molar-refractivity contribution is 7.98. The van der Waals surface area contributed by atoms with Gasteiger partial charge in [0.25, 0.3) is 5.91 Å². The van der Waals surface area contributed by atoms with E-state index in [0.717, 1.165) is 0 Å². The molecule has 0 saturated heterocycles. The van der Waals surface area contributed by atoms with Crippen molar-refractivity contribution in [1.82, 2.24) is 14.9 Å². The number of amides is 1. The Morgan fingerprint density at radius 1 is 1.39 bits per heavy atom. The van der Waals surface area contributed by atoms with Crippen LogP contribution in [0.3, 0.4) is 0 Å². The number of rotatable bonds is 5. The van der Waals surface area contributed by atoms with E-state index in [-0.39, 0.29) is 12.5 Å². The molecule has 1 heterocycles. The molecule has 0 unspecified atom stereocenters. The van der Waals surface area contributed by atoms with Crippen molar-refractivity contribution in [3.05, 3.63) is 17.1 Å². The van der Waals surface area contributed by atoms with Crippen molar-refractivity contribution >= 4 is 17.7 Å². The summed E-state index contributed by atoms with van der Waals surface area (Å²) < 4.78 is 0. The molecular formula is C12H19N3O2S. The summed E-state index contributed by atoms with van der Waals surface area (Å²) in [6, 6.07) is 0. The molecule has 0 radical (unpaired) electrons. The van der Waals surface area contributed by atoms with Gasteiger partial charge in [0.05, 0.1) is 17.9 Å². The van der Waals surface area contributed by atoms with Crippen LogP contribution in [0.1, 0.15) is 28.8 Å². The number of likely N-dealkylation sites (N-methyl/N-ethyl adjacent to an activating group) is 1. The van der Waals surface area contributed by atoms with Crippen molar-refractivity contribution in [2.45, 2.75) is 25.8 Å². The van der Waals surface area contributed by atoms with Crippen LogP contribution in [0, 0.1) is 13.8 Å². The number of thioether (sulfide) groups is 1. The summed E-state index contributed by atoms with van der Waals surface area (Å²) in [5, 5.41) is 9.67. The highest BCUT2D eigenvalue weighted by Gasteiger charge is 2.21. The highest BCUT2D eigenvalue weighted by Crippen LogP contribution is 2.22. The minimum Gasteiger partial charge on any atom is -0.395 e. The Morgan fingerprint density at radius 3 is 2.56 bits per heavy atom. The fourth-order valence-corrected chi connectivity index (χ4v) is 2.42. The maximum absolute atomic E-state index is 12.4. The Morgan fingerprint density at radius 2 is 2.06 bits per heavy atom. The maximum Gasteiger partial charge on any atom is 0.258 e. The molecule has 1 aromatic heterocycles. The van der Waals surface area contributed by atoms with Gasteiger partial charge in [-0.05, 0) is 27.0 Å². The van der Waals surface area contributed by atoms with E-state index < -0.39 is 0 Å². The van der Waals surface area contributed by atoms with Crippen LogP contribution in [-0.4, -0.2) is 51.8 Å². The first-order chi connectivity index (χ1) is 8.54. The number of carbonyl (C=O) groups excluding carboxylic acids is 1. The summed E-state index contributed by atoms with van der Waals surface area (Å²) in [6.45, 7) is 6.36. The highest BCUT2D eigenvalue weighted by atomic mass is 32.2. The second-order valence-electron chi connectivity index (χ2n) is 3.85. The minimum atomic E-state index is -0.117. The normalized spacial score (nSPS) is 10.5. The number of aromatic nitrogens is 2. The molecule has 1 N–H and O–H groups in total. The van der Waals surface area contributed by atoms with Crippen molar-refractivity contribution < 1.29 is 9.90 Å². The number of aliphatic hydroxyl groups excluding tert-OH is 1. The zero-order valence-corrected chi connectivity index (χ0v) is 12.0. The van der Waals surface area contributed by atoms with Crippen LogP contribution in [0.2, 0.25) is 0 Å². The monoisotopic (exact) mass is 269 g/mol. The molecule has 0 saturated carbocycles. The van der Waals surface area contributed by atoms with Gasteiger partial charge < -0.3 is 10.0 Å². The van der Waals surface area contributed by atoms with Crippen LogP contribution in [0.5, 0.6) is 0 Å². The number of aliphatic hydroxyl groups is 1. The van der Waals surface area contributed by atoms with E-state index in [0.29, 0.717) is 35.2 Å². The van der Waals surface area contributed by atoms with Gasteiger partial charge in [0.2, 0.25) is 0 Å². The van der Waals surface area contributed by atoms with E-state index in [2.05, 4.69) is 9.97 Å². The molecule has 0 aliphatic carbocycles. The molecule has 0 fully saturated rings. The summed E-state index contributed by atoms with van der Waals surface area (Å²) in [5.41, 5.74) is 1.23. The van der Waals surface area contributed by atoms with Gasteiger partial charge in [0.15, 0.2) is 0 Å². The largest absolute Gasteiger partial charge is 0.395 e. The van der Waals surface area contributed by atoms with E-state index in [4.69, 9.17) is 5.11 Å². The lowest BCUT2D eigenvalue weighted by Gasteiger charge is -2.21. The Hall–Kier alpha value is -1.14. The molecule has 0 aliphatic rings.